The minimum absolute atomic E-state index is 0.0215. The standard InChI is InChI=1S/C14H19BrN2O2/c1-10-6-7-16(2)14(19)13(9-18)17(10)12-5-3-4-11(15)8-12/h3-5,8,10,13,18H,6-7,9H2,1-2H3. The molecule has 1 N–H and O–H groups in total. The van der Waals surface area contributed by atoms with Crippen molar-refractivity contribution >= 4 is 27.5 Å². The molecule has 1 heterocycles. The van der Waals surface area contributed by atoms with E-state index in [1.165, 1.54) is 0 Å². The van der Waals surface area contributed by atoms with E-state index < -0.39 is 6.04 Å². The molecular weight excluding hydrogens is 308 g/mol. The predicted molar refractivity (Wildman–Crippen MR) is 79.2 cm³/mol. The number of anilines is 1. The molecular formula is C14H19BrN2O2. The van der Waals surface area contributed by atoms with Crippen molar-refractivity contribution in [1.82, 2.24) is 4.90 Å². The van der Waals surface area contributed by atoms with Gasteiger partial charge in [-0.1, -0.05) is 22.0 Å². The van der Waals surface area contributed by atoms with Crippen molar-refractivity contribution in [3.63, 3.8) is 0 Å². The molecule has 4 nitrogen and oxygen atoms in total. The maximum absolute atomic E-state index is 12.3. The SMILES string of the molecule is CC1CCN(C)C(=O)C(CO)N1c1cccc(Br)c1. The lowest BCUT2D eigenvalue weighted by Gasteiger charge is -2.34. The van der Waals surface area contributed by atoms with Gasteiger partial charge in [0.25, 0.3) is 0 Å². The first-order chi connectivity index (χ1) is 9.04. The smallest absolute Gasteiger partial charge is 0.247 e. The Bertz CT molecular complexity index is 467. The summed E-state index contributed by atoms with van der Waals surface area (Å²) in [5.74, 6) is -0.0215. The monoisotopic (exact) mass is 326 g/mol. The Kier molecular flexibility index (Phi) is 4.47. The molecule has 1 aromatic rings. The van der Waals surface area contributed by atoms with Gasteiger partial charge in [-0.25, -0.2) is 0 Å². The Morgan fingerprint density at radius 2 is 2.21 bits per heavy atom. The second-order valence-corrected chi connectivity index (χ2v) is 5.90. The molecule has 2 unspecified atom stereocenters. The van der Waals surface area contributed by atoms with Crippen LogP contribution in [0.4, 0.5) is 5.69 Å². The molecule has 1 saturated heterocycles. The lowest BCUT2D eigenvalue weighted by Crippen LogP contribution is -2.49. The first-order valence-corrected chi connectivity index (χ1v) is 7.23. The number of nitrogens with zero attached hydrogens (tertiary/aromatic N) is 2. The largest absolute Gasteiger partial charge is 0.394 e. The summed E-state index contributed by atoms with van der Waals surface area (Å²) in [6.45, 7) is 2.65. The Morgan fingerprint density at radius 3 is 2.84 bits per heavy atom. The molecule has 104 valence electrons. The van der Waals surface area contributed by atoms with Crippen molar-refractivity contribution in [3.05, 3.63) is 28.7 Å². The summed E-state index contributed by atoms with van der Waals surface area (Å²) in [5.41, 5.74) is 0.963. The quantitative estimate of drug-likeness (QED) is 0.902. The highest BCUT2D eigenvalue weighted by atomic mass is 79.9. The number of carbonyl (C=O) groups excluding carboxylic acids is 1. The highest BCUT2D eigenvalue weighted by Crippen LogP contribution is 2.27. The Hall–Kier alpha value is -1.07. The fraction of sp³-hybridized carbons (Fsp3) is 0.500. The van der Waals surface area contributed by atoms with E-state index >= 15 is 0 Å². The maximum Gasteiger partial charge on any atom is 0.247 e. The molecule has 0 bridgehead atoms. The van der Waals surface area contributed by atoms with E-state index in [2.05, 4.69) is 22.9 Å². The van der Waals surface area contributed by atoms with Gasteiger partial charge in [0.1, 0.15) is 6.04 Å². The number of likely N-dealkylation sites (N-methyl/N-ethyl adjacent to an activating group) is 1. The van der Waals surface area contributed by atoms with Crippen LogP contribution in [0.3, 0.4) is 0 Å². The highest BCUT2D eigenvalue weighted by Gasteiger charge is 2.34. The maximum atomic E-state index is 12.3. The van der Waals surface area contributed by atoms with Crippen LogP contribution in [0.15, 0.2) is 28.7 Å². The molecule has 1 aliphatic heterocycles. The first-order valence-electron chi connectivity index (χ1n) is 6.44. The molecule has 2 rings (SSSR count). The van der Waals surface area contributed by atoms with Gasteiger partial charge in [0, 0.05) is 29.8 Å². The van der Waals surface area contributed by atoms with Crippen LogP contribution in [-0.2, 0) is 4.79 Å². The number of amides is 1. The number of carbonyl (C=O) groups is 1. The summed E-state index contributed by atoms with van der Waals surface area (Å²) in [4.78, 5) is 16.0. The third-order valence-electron chi connectivity index (χ3n) is 3.63. The average Bonchev–Trinajstić information content (AvgIpc) is 2.50. The van der Waals surface area contributed by atoms with Gasteiger partial charge in [0.2, 0.25) is 5.91 Å². The normalized spacial score (nSPS) is 24.5. The van der Waals surface area contributed by atoms with E-state index in [1.54, 1.807) is 11.9 Å². The molecule has 0 saturated carbocycles. The van der Waals surface area contributed by atoms with E-state index in [-0.39, 0.29) is 18.6 Å². The Labute approximate surface area is 122 Å². The number of rotatable bonds is 2. The minimum atomic E-state index is -0.503. The summed E-state index contributed by atoms with van der Waals surface area (Å²) >= 11 is 3.45. The van der Waals surface area contributed by atoms with E-state index in [4.69, 9.17) is 0 Å². The van der Waals surface area contributed by atoms with Crippen molar-refractivity contribution < 1.29 is 9.90 Å². The zero-order valence-electron chi connectivity index (χ0n) is 11.2. The van der Waals surface area contributed by atoms with Crippen molar-refractivity contribution in [2.75, 3.05) is 25.1 Å². The first kappa shape index (κ1) is 14.3. The molecule has 1 amide bonds. The molecule has 1 fully saturated rings. The topological polar surface area (TPSA) is 43.8 Å². The molecule has 0 aromatic heterocycles. The number of hydrogen-bond acceptors (Lipinski definition) is 3. The van der Waals surface area contributed by atoms with Crippen LogP contribution in [0.1, 0.15) is 13.3 Å². The second kappa shape index (κ2) is 5.92. The third kappa shape index (κ3) is 2.92. The lowest BCUT2D eigenvalue weighted by molar-refractivity contribution is -0.131. The number of benzene rings is 1. The van der Waals surface area contributed by atoms with Crippen LogP contribution >= 0.6 is 15.9 Å². The number of halogens is 1. The number of aliphatic hydroxyl groups excluding tert-OH is 1. The van der Waals surface area contributed by atoms with Crippen LogP contribution in [-0.4, -0.2) is 48.2 Å². The predicted octanol–water partition coefficient (Wildman–Crippen LogP) is 1.87. The fourth-order valence-electron chi connectivity index (χ4n) is 2.55. The minimum Gasteiger partial charge on any atom is -0.394 e. The number of hydrogen-bond donors (Lipinski definition) is 1. The highest BCUT2D eigenvalue weighted by molar-refractivity contribution is 9.10. The average molecular weight is 327 g/mol. The summed E-state index contributed by atoms with van der Waals surface area (Å²) in [7, 11) is 1.79. The van der Waals surface area contributed by atoms with E-state index in [9.17, 15) is 9.90 Å². The van der Waals surface area contributed by atoms with Gasteiger partial charge in [0.05, 0.1) is 6.61 Å². The van der Waals surface area contributed by atoms with Gasteiger partial charge in [0.15, 0.2) is 0 Å². The van der Waals surface area contributed by atoms with Crippen LogP contribution in [0, 0.1) is 0 Å². The summed E-state index contributed by atoms with van der Waals surface area (Å²) in [5, 5.41) is 9.62. The van der Waals surface area contributed by atoms with Gasteiger partial charge in [-0.15, -0.1) is 0 Å². The molecule has 1 aliphatic rings. The summed E-state index contributed by atoms with van der Waals surface area (Å²) in [6, 6.07) is 7.56. The lowest BCUT2D eigenvalue weighted by atomic mass is 10.1. The van der Waals surface area contributed by atoms with Gasteiger partial charge >= 0.3 is 0 Å². The molecule has 0 spiro atoms. The van der Waals surface area contributed by atoms with Crippen molar-refractivity contribution in [2.24, 2.45) is 0 Å². The Balaban J connectivity index is 2.41. The van der Waals surface area contributed by atoms with Crippen molar-refractivity contribution in [2.45, 2.75) is 25.4 Å². The van der Waals surface area contributed by atoms with Gasteiger partial charge in [-0.2, -0.15) is 0 Å². The fourth-order valence-corrected chi connectivity index (χ4v) is 2.93. The number of aliphatic hydroxyl groups is 1. The van der Waals surface area contributed by atoms with Gasteiger partial charge in [-0.05, 0) is 31.5 Å². The molecule has 0 aliphatic carbocycles. The summed E-state index contributed by atoms with van der Waals surface area (Å²) in [6.07, 6.45) is 0.894. The molecule has 1 aromatic carbocycles. The summed E-state index contributed by atoms with van der Waals surface area (Å²) < 4.78 is 0.971. The molecule has 5 heteroatoms. The zero-order chi connectivity index (χ0) is 14.0. The van der Waals surface area contributed by atoms with Gasteiger partial charge < -0.3 is 14.9 Å². The van der Waals surface area contributed by atoms with Crippen molar-refractivity contribution in [3.8, 4) is 0 Å². The second-order valence-electron chi connectivity index (χ2n) is 4.98. The third-order valence-corrected chi connectivity index (χ3v) is 4.13. The van der Waals surface area contributed by atoms with E-state index in [1.807, 2.05) is 29.2 Å². The van der Waals surface area contributed by atoms with Crippen LogP contribution in [0.25, 0.3) is 0 Å². The van der Waals surface area contributed by atoms with Crippen LogP contribution < -0.4 is 4.90 Å². The van der Waals surface area contributed by atoms with Gasteiger partial charge in [-0.3, -0.25) is 4.79 Å². The molecule has 19 heavy (non-hydrogen) atoms. The zero-order valence-corrected chi connectivity index (χ0v) is 12.8. The van der Waals surface area contributed by atoms with Crippen LogP contribution in [0.5, 0.6) is 0 Å². The van der Waals surface area contributed by atoms with Crippen LogP contribution in [0.2, 0.25) is 0 Å². The van der Waals surface area contributed by atoms with Crippen molar-refractivity contribution in [1.29, 1.82) is 0 Å². The molecule has 0 radical (unpaired) electrons. The van der Waals surface area contributed by atoms with E-state index in [0.717, 1.165) is 23.1 Å². The van der Waals surface area contributed by atoms with E-state index in [0.29, 0.717) is 0 Å². The Morgan fingerprint density at radius 1 is 1.47 bits per heavy atom. The molecule has 2 atom stereocenters.